The predicted molar refractivity (Wildman–Crippen MR) is 123 cm³/mol. The molecule has 1 aliphatic carbocycles. The predicted octanol–water partition coefficient (Wildman–Crippen LogP) is 3.35. The third kappa shape index (κ3) is 5.82. The zero-order valence-corrected chi connectivity index (χ0v) is 20.1. The number of ether oxygens (including phenoxy) is 2. The minimum absolute atomic E-state index is 0.00918. The van der Waals surface area contributed by atoms with Crippen LogP contribution in [0, 0.1) is 5.92 Å². The van der Waals surface area contributed by atoms with Crippen LogP contribution in [0.2, 0.25) is 0 Å². The maximum atomic E-state index is 12.7. The van der Waals surface area contributed by atoms with E-state index in [1.807, 2.05) is 0 Å². The zero-order valence-electron chi connectivity index (χ0n) is 19.3. The Hall–Kier alpha value is -3.21. The van der Waals surface area contributed by atoms with E-state index in [0.717, 1.165) is 23.6 Å². The third-order valence-electron chi connectivity index (χ3n) is 5.96. The summed E-state index contributed by atoms with van der Waals surface area (Å²) in [6.45, 7) is 1.28. The summed E-state index contributed by atoms with van der Waals surface area (Å²) in [5.41, 5.74) is 0.816. The molecule has 0 bridgehead atoms. The Labute approximate surface area is 198 Å². The van der Waals surface area contributed by atoms with Crippen LogP contribution in [0.25, 0.3) is 0 Å². The highest BCUT2D eigenvalue weighted by atomic mass is 32.2. The normalized spacial score (nSPS) is 18.2. The van der Waals surface area contributed by atoms with E-state index in [9.17, 15) is 13.2 Å². The van der Waals surface area contributed by atoms with Gasteiger partial charge in [-0.3, -0.25) is 4.31 Å². The molecule has 34 heavy (non-hydrogen) atoms. The molecule has 0 unspecified atom stereocenters. The molecular weight excluding hydrogens is 460 g/mol. The maximum absolute atomic E-state index is 12.7. The number of aromatic nitrogens is 2. The number of carbonyl (C=O) groups is 1. The Kier molecular flexibility index (Phi) is 7.30. The maximum Gasteiger partial charge on any atom is 0.344 e. The van der Waals surface area contributed by atoms with Gasteiger partial charge in [0.2, 0.25) is 11.7 Å². The van der Waals surface area contributed by atoms with E-state index in [0.29, 0.717) is 23.1 Å². The Morgan fingerprint density at radius 3 is 2.62 bits per heavy atom. The lowest BCUT2D eigenvalue weighted by Gasteiger charge is -2.23. The molecule has 1 aromatic carbocycles. The molecule has 1 aliphatic heterocycles. The van der Waals surface area contributed by atoms with Crippen LogP contribution in [0.5, 0.6) is 5.75 Å². The molecule has 2 aromatic rings. The monoisotopic (exact) mass is 488 g/mol. The molecule has 2 heterocycles. The van der Waals surface area contributed by atoms with Crippen molar-refractivity contribution in [2.24, 2.45) is 10.3 Å². The van der Waals surface area contributed by atoms with Gasteiger partial charge in [0.25, 0.3) is 0 Å². The van der Waals surface area contributed by atoms with E-state index < -0.39 is 16.2 Å². The molecule has 2 aliphatic rings. The standard InChI is InChI=1S/C23H28N4O6S/c1-16-20(14-27(34(29,30)26-16)13-18-8-10-19(31-2)11-9-18)23(28)32-15-21-24-22(33-25-21)12-17-6-4-3-5-7-17/h8-11,14,17H,3-7,12-13,15H2,1-2H3. The fourth-order valence-electron chi connectivity index (χ4n) is 4.09. The lowest BCUT2D eigenvalue weighted by Crippen LogP contribution is -2.31. The number of benzene rings is 1. The number of rotatable bonds is 8. The molecule has 0 N–H and O–H groups in total. The van der Waals surface area contributed by atoms with Gasteiger partial charge >= 0.3 is 16.2 Å². The average molecular weight is 489 g/mol. The summed E-state index contributed by atoms with van der Waals surface area (Å²) in [6, 6.07) is 6.94. The van der Waals surface area contributed by atoms with Crippen molar-refractivity contribution in [1.29, 1.82) is 0 Å². The summed E-state index contributed by atoms with van der Waals surface area (Å²) in [5.74, 6) is 1.31. The topological polar surface area (TPSA) is 124 Å². The number of hydrogen-bond donors (Lipinski definition) is 0. The van der Waals surface area contributed by atoms with Crippen molar-refractivity contribution < 1.29 is 27.2 Å². The number of nitrogens with zero attached hydrogens (tertiary/aromatic N) is 4. The fourth-order valence-corrected chi connectivity index (χ4v) is 5.20. The summed E-state index contributed by atoms with van der Waals surface area (Å²) in [7, 11) is -2.41. The number of carbonyl (C=O) groups excluding carboxylic acids is 1. The average Bonchev–Trinajstić information content (AvgIpc) is 3.27. The van der Waals surface area contributed by atoms with Gasteiger partial charge in [0.05, 0.1) is 24.9 Å². The summed E-state index contributed by atoms with van der Waals surface area (Å²) >= 11 is 0. The van der Waals surface area contributed by atoms with Gasteiger partial charge in [-0.2, -0.15) is 13.4 Å². The van der Waals surface area contributed by atoms with Crippen LogP contribution in [0.3, 0.4) is 0 Å². The third-order valence-corrected chi connectivity index (χ3v) is 7.29. The van der Waals surface area contributed by atoms with Crippen LogP contribution in [0.4, 0.5) is 0 Å². The molecular formula is C23H28N4O6S. The van der Waals surface area contributed by atoms with Crippen molar-refractivity contribution in [1.82, 2.24) is 14.4 Å². The van der Waals surface area contributed by atoms with Crippen molar-refractivity contribution in [2.75, 3.05) is 7.11 Å². The van der Waals surface area contributed by atoms with Gasteiger partial charge in [-0.05, 0) is 43.4 Å². The smallest absolute Gasteiger partial charge is 0.344 e. The van der Waals surface area contributed by atoms with Gasteiger partial charge in [0, 0.05) is 12.6 Å². The summed E-state index contributed by atoms with van der Waals surface area (Å²) in [6.07, 6.45) is 8.03. The highest BCUT2D eigenvalue weighted by molar-refractivity contribution is 7.88. The molecule has 0 atom stereocenters. The quantitative estimate of drug-likeness (QED) is 0.518. The molecule has 4 rings (SSSR count). The largest absolute Gasteiger partial charge is 0.497 e. The fraction of sp³-hybridized carbons (Fsp3) is 0.478. The Bertz CT molecular complexity index is 1180. The summed E-state index contributed by atoms with van der Waals surface area (Å²) < 4.78 is 45.5. The highest BCUT2D eigenvalue weighted by Crippen LogP contribution is 2.26. The molecule has 0 amide bonds. The second-order valence-corrected chi connectivity index (χ2v) is 10.0. The number of esters is 1. The van der Waals surface area contributed by atoms with Crippen LogP contribution in [0.1, 0.15) is 56.3 Å². The minimum atomic E-state index is -3.96. The SMILES string of the molecule is COc1ccc(CN2C=C(C(=O)OCc3noc(CC4CCCCC4)n3)C(C)=NS2(=O)=O)cc1. The van der Waals surface area contributed by atoms with Gasteiger partial charge < -0.3 is 14.0 Å². The van der Waals surface area contributed by atoms with Crippen molar-refractivity contribution in [3.05, 3.63) is 53.3 Å². The summed E-state index contributed by atoms with van der Waals surface area (Å²) in [4.78, 5) is 17.0. The Morgan fingerprint density at radius 2 is 1.91 bits per heavy atom. The van der Waals surface area contributed by atoms with Crippen LogP contribution >= 0.6 is 0 Å². The molecule has 0 saturated heterocycles. The first-order chi connectivity index (χ1) is 16.3. The molecule has 11 heteroatoms. The van der Waals surface area contributed by atoms with E-state index >= 15 is 0 Å². The first kappa shape index (κ1) is 23.9. The minimum Gasteiger partial charge on any atom is -0.497 e. The highest BCUT2D eigenvalue weighted by Gasteiger charge is 2.29. The first-order valence-electron chi connectivity index (χ1n) is 11.3. The van der Waals surface area contributed by atoms with Crippen molar-refractivity contribution >= 4 is 21.9 Å². The Balaban J connectivity index is 1.39. The lowest BCUT2D eigenvalue weighted by atomic mass is 9.87. The molecule has 1 fully saturated rings. The molecule has 0 radical (unpaired) electrons. The second kappa shape index (κ2) is 10.4. The molecule has 10 nitrogen and oxygen atoms in total. The number of hydrogen-bond acceptors (Lipinski definition) is 8. The van der Waals surface area contributed by atoms with E-state index in [-0.39, 0.29) is 30.3 Å². The van der Waals surface area contributed by atoms with Gasteiger partial charge in [-0.15, -0.1) is 4.40 Å². The van der Waals surface area contributed by atoms with Crippen LogP contribution in [-0.4, -0.2) is 41.7 Å². The van der Waals surface area contributed by atoms with E-state index in [1.54, 1.807) is 31.4 Å². The van der Waals surface area contributed by atoms with Gasteiger partial charge in [0.1, 0.15) is 5.75 Å². The zero-order chi connectivity index (χ0) is 24.1. The van der Waals surface area contributed by atoms with Crippen LogP contribution in [0.15, 0.2) is 45.0 Å². The van der Waals surface area contributed by atoms with Crippen molar-refractivity contribution in [3.8, 4) is 5.75 Å². The lowest BCUT2D eigenvalue weighted by molar-refractivity contribution is -0.140. The van der Waals surface area contributed by atoms with Gasteiger partial charge in [-0.25, -0.2) is 4.79 Å². The van der Waals surface area contributed by atoms with E-state index in [4.69, 9.17) is 14.0 Å². The first-order valence-corrected chi connectivity index (χ1v) is 12.7. The van der Waals surface area contributed by atoms with Crippen LogP contribution < -0.4 is 4.74 Å². The van der Waals surface area contributed by atoms with E-state index in [1.165, 1.54) is 32.4 Å². The number of methoxy groups -OCH3 is 1. The van der Waals surface area contributed by atoms with Gasteiger partial charge in [0.15, 0.2) is 6.61 Å². The molecule has 1 aromatic heterocycles. The molecule has 0 spiro atoms. The second-order valence-electron chi connectivity index (χ2n) is 8.48. The summed E-state index contributed by atoms with van der Waals surface area (Å²) in [5, 5.41) is 3.90. The van der Waals surface area contributed by atoms with E-state index in [2.05, 4.69) is 14.5 Å². The Morgan fingerprint density at radius 1 is 1.18 bits per heavy atom. The van der Waals surface area contributed by atoms with Crippen molar-refractivity contribution in [2.45, 2.75) is 58.6 Å². The molecule has 182 valence electrons. The van der Waals surface area contributed by atoms with Crippen LogP contribution in [-0.2, 0) is 39.3 Å². The molecule has 1 saturated carbocycles. The van der Waals surface area contributed by atoms with Gasteiger partial charge in [-0.1, -0.05) is 36.6 Å². The van der Waals surface area contributed by atoms with Crippen molar-refractivity contribution in [3.63, 3.8) is 0 Å².